The molecule has 0 aromatic carbocycles. The second-order valence-electron chi connectivity index (χ2n) is 1.07. The predicted molar refractivity (Wildman–Crippen MR) is 24.8 cm³/mol. The highest BCUT2D eigenvalue weighted by Gasteiger charge is 1.83. The number of aromatic amines is 1. The van der Waals surface area contributed by atoms with Gasteiger partial charge in [-0.2, -0.15) is 5.10 Å². The summed E-state index contributed by atoms with van der Waals surface area (Å²) in [5.41, 5.74) is 0.556. The molecule has 0 unspecified atom stereocenters. The van der Waals surface area contributed by atoms with Gasteiger partial charge in [-0.25, -0.2) is 4.85 Å². The van der Waals surface area contributed by atoms with Crippen molar-refractivity contribution in [1.29, 1.82) is 0 Å². The molecule has 0 aliphatic carbocycles. The summed E-state index contributed by atoms with van der Waals surface area (Å²) in [7, 11) is 0. The molecule has 0 atom stereocenters. The average Bonchev–Trinajstić information content (AvgIpc) is 2.14. The Morgan fingerprint density at radius 1 is 1.86 bits per heavy atom. The van der Waals surface area contributed by atoms with Crippen molar-refractivity contribution in [3.05, 3.63) is 23.8 Å². The van der Waals surface area contributed by atoms with Crippen molar-refractivity contribution >= 4 is 5.69 Å². The maximum atomic E-state index is 6.43. The van der Waals surface area contributed by atoms with Gasteiger partial charge in [0.05, 0.1) is 12.8 Å². The van der Waals surface area contributed by atoms with Crippen LogP contribution in [0, 0.1) is 6.57 Å². The monoisotopic (exact) mass is 93.0 g/mol. The molecule has 3 nitrogen and oxygen atoms in total. The van der Waals surface area contributed by atoms with Crippen LogP contribution in [0.25, 0.3) is 4.85 Å². The van der Waals surface area contributed by atoms with Gasteiger partial charge >= 0.3 is 0 Å². The van der Waals surface area contributed by atoms with Gasteiger partial charge in [0.1, 0.15) is 0 Å². The Morgan fingerprint density at radius 2 is 2.71 bits per heavy atom. The zero-order valence-corrected chi connectivity index (χ0v) is 3.55. The minimum atomic E-state index is 0.556. The molecule has 1 heterocycles. The maximum Gasteiger partial charge on any atom is 0.223 e. The second kappa shape index (κ2) is 1.43. The van der Waals surface area contributed by atoms with Crippen molar-refractivity contribution in [2.75, 3.05) is 0 Å². The molecule has 0 spiro atoms. The Hall–Kier alpha value is -1.30. The van der Waals surface area contributed by atoms with Gasteiger partial charge in [0.25, 0.3) is 0 Å². The molecule has 1 aromatic heterocycles. The molecule has 0 fully saturated rings. The molecule has 0 amide bonds. The van der Waals surface area contributed by atoms with Crippen LogP contribution in [0.2, 0.25) is 0 Å². The van der Waals surface area contributed by atoms with Crippen molar-refractivity contribution in [2.24, 2.45) is 0 Å². The van der Waals surface area contributed by atoms with Crippen molar-refractivity contribution < 1.29 is 0 Å². The number of hydrogen-bond donors (Lipinski definition) is 1. The van der Waals surface area contributed by atoms with Crippen LogP contribution in [0.1, 0.15) is 0 Å². The first-order valence-electron chi connectivity index (χ1n) is 1.80. The fourth-order valence-corrected chi connectivity index (χ4v) is 0.305. The van der Waals surface area contributed by atoms with Crippen molar-refractivity contribution in [2.45, 2.75) is 0 Å². The molecule has 34 valence electrons. The summed E-state index contributed by atoms with van der Waals surface area (Å²) in [4.78, 5) is 3.09. The predicted octanol–water partition coefficient (Wildman–Crippen LogP) is 0.960. The zero-order chi connectivity index (χ0) is 5.11. The number of nitrogens with one attached hydrogen (secondary N) is 1. The van der Waals surface area contributed by atoms with Crippen LogP contribution in [-0.2, 0) is 0 Å². The van der Waals surface area contributed by atoms with E-state index in [0.29, 0.717) is 5.69 Å². The van der Waals surface area contributed by atoms with Crippen LogP contribution in [0.4, 0.5) is 5.69 Å². The third-order valence-electron chi connectivity index (χ3n) is 0.613. The lowest BCUT2D eigenvalue weighted by atomic mass is 10.6. The highest BCUT2D eigenvalue weighted by atomic mass is 15.1. The van der Waals surface area contributed by atoms with Gasteiger partial charge in [0.15, 0.2) is 0 Å². The van der Waals surface area contributed by atoms with Gasteiger partial charge < -0.3 is 0 Å². The summed E-state index contributed by atoms with van der Waals surface area (Å²) < 4.78 is 0. The smallest absolute Gasteiger partial charge is 0.223 e. The summed E-state index contributed by atoms with van der Waals surface area (Å²) in [6.45, 7) is 6.43. The summed E-state index contributed by atoms with van der Waals surface area (Å²) >= 11 is 0. The Morgan fingerprint density at radius 3 is 3.00 bits per heavy atom. The van der Waals surface area contributed by atoms with Crippen LogP contribution in [0.5, 0.6) is 0 Å². The third kappa shape index (κ3) is 0.578. The Labute approximate surface area is 40.8 Å². The molecule has 0 aliphatic heterocycles. The fourth-order valence-electron chi connectivity index (χ4n) is 0.305. The van der Waals surface area contributed by atoms with Gasteiger partial charge in [0.2, 0.25) is 5.69 Å². The van der Waals surface area contributed by atoms with Gasteiger partial charge in [0, 0.05) is 6.20 Å². The van der Waals surface area contributed by atoms with E-state index in [9.17, 15) is 0 Å². The van der Waals surface area contributed by atoms with E-state index >= 15 is 0 Å². The molecule has 0 aliphatic rings. The number of rotatable bonds is 0. The minimum Gasteiger partial charge on any atom is -0.297 e. The molecule has 1 aromatic rings. The summed E-state index contributed by atoms with van der Waals surface area (Å²) in [6, 6.07) is 0. The topological polar surface area (TPSA) is 33.0 Å². The molecule has 0 radical (unpaired) electrons. The molecular weight excluding hydrogens is 90.1 g/mol. The molecule has 1 N–H and O–H groups in total. The van der Waals surface area contributed by atoms with Crippen LogP contribution in [0.3, 0.4) is 0 Å². The Balaban J connectivity index is 3.04. The van der Waals surface area contributed by atoms with E-state index in [4.69, 9.17) is 6.57 Å². The second-order valence-corrected chi connectivity index (χ2v) is 1.07. The van der Waals surface area contributed by atoms with Crippen LogP contribution < -0.4 is 0 Å². The van der Waals surface area contributed by atoms with Crippen LogP contribution in [0.15, 0.2) is 12.4 Å². The van der Waals surface area contributed by atoms with Gasteiger partial charge in [-0.15, -0.1) is 0 Å². The van der Waals surface area contributed by atoms with E-state index in [0.717, 1.165) is 0 Å². The van der Waals surface area contributed by atoms with Crippen LogP contribution >= 0.6 is 0 Å². The maximum absolute atomic E-state index is 6.43. The lowest BCUT2D eigenvalue weighted by molar-refractivity contribution is 1.09. The van der Waals surface area contributed by atoms with E-state index in [1.807, 2.05) is 0 Å². The lowest BCUT2D eigenvalue weighted by Gasteiger charge is -1.61. The molecule has 0 saturated carbocycles. The van der Waals surface area contributed by atoms with Crippen molar-refractivity contribution in [1.82, 2.24) is 10.2 Å². The largest absolute Gasteiger partial charge is 0.297 e. The summed E-state index contributed by atoms with van der Waals surface area (Å²) in [5.74, 6) is 0. The van der Waals surface area contributed by atoms with Gasteiger partial charge in [-0.3, -0.25) is 5.10 Å². The average molecular weight is 93.1 g/mol. The van der Waals surface area contributed by atoms with Gasteiger partial charge in [-0.05, 0) is 0 Å². The Bertz CT molecular complexity index is 169. The first-order chi connectivity index (χ1) is 3.43. The lowest BCUT2D eigenvalue weighted by Crippen LogP contribution is -1.53. The van der Waals surface area contributed by atoms with Gasteiger partial charge in [-0.1, -0.05) is 0 Å². The summed E-state index contributed by atoms with van der Waals surface area (Å²) in [6.07, 6.45) is 3.03. The highest BCUT2D eigenvalue weighted by molar-refractivity contribution is 5.37. The van der Waals surface area contributed by atoms with Crippen LogP contribution in [-0.4, -0.2) is 10.2 Å². The van der Waals surface area contributed by atoms with E-state index < -0.39 is 0 Å². The molecule has 7 heavy (non-hydrogen) atoms. The Kier molecular flexibility index (Phi) is 0.794. The first kappa shape index (κ1) is 3.88. The van der Waals surface area contributed by atoms with E-state index in [2.05, 4.69) is 15.0 Å². The third-order valence-corrected chi connectivity index (χ3v) is 0.613. The quantitative estimate of drug-likeness (QED) is 0.476. The molecular formula is C4H3N3. The molecule has 0 saturated heterocycles. The van der Waals surface area contributed by atoms with E-state index in [-0.39, 0.29) is 0 Å². The van der Waals surface area contributed by atoms with E-state index in [1.54, 1.807) is 6.20 Å². The number of nitrogens with zero attached hydrogens (tertiary/aromatic N) is 2. The molecule has 3 heteroatoms. The number of hydrogen-bond acceptors (Lipinski definition) is 1. The fraction of sp³-hybridized carbons (Fsp3) is 0. The summed E-state index contributed by atoms with van der Waals surface area (Å²) in [5, 5.41) is 6.07. The highest BCUT2D eigenvalue weighted by Crippen LogP contribution is 2.03. The number of aromatic nitrogens is 2. The first-order valence-corrected chi connectivity index (χ1v) is 1.80. The van der Waals surface area contributed by atoms with Crippen molar-refractivity contribution in [3.63, 3.8) is 0 Å². The number of H-pyrrole nitrogens is 1. The minimum absolute atomic E-state index is 0.556. The molecule has 1 rings (SSSR count). The SMILES string of the molecule is [C-]#[N+]c1cn[nH]c1. The zero-order valence-electron chi connectivity index (χ0n) is 3.55. The van der Waals surface area contributed by atoms with E-state index in [1.165, 1.54) is 6.20 Å². The molecule has 0 bridgehead atoms. The van der Waals surface area contributed by atoms with Crippen molar-refractivity contribution in [3.8, 4) is 0 Å². The normalized spacial score (nSPS) is 7.86. The standard InChI is InChI=1S/C4H3N3/c1-5-4-2-6-7-3-4/h2-3H,(H,6,7).